The molecule has 27 heavy (non-hydrogen) atoms. The maximum atomic E-state index is 12.8. The van der Waals surface area contributed by atoms with Crippen LogP contribution in [0.4, 0.5) is 18.0 Å². The normalized spacial score (nSPS) is 20.7. The Morgan fingerprint density at radius 1 is 1.26 bits per heavy atom. The van der Waals surface area contributed by atoms with Gasteiger partial charge in [-0.3, -0.25) is 9.69 Å². The number of carbonyl (C=O) groups excluding carboxylic acids is 2. The number of benzene rings is 1. The van der Waals surface area contributed by atoms with Crippen LogP contribution >= 0.6 is 0 Å². The van der Waals surface area contributed by atoms with E-state index in [4.69, 9.17) is 4.74 Å². The Balaban J connectivity index is 1.51. The van der Waals surface area contributed by atoms with Crippen molar-refractivity contribution in [3.63, 3.8) is 0 Å². The van der Waals surface area contributed by atoms with Gasteiger partial charge in [0, 0.05) is 13.1 Å². The summed E-state index contributed by atoms with van der Waals surface area (Å²) in [4.78, 5) is 27.0. The smallest absolute Gasteiger partial charge is 0.416 e. The number of hydrogen-bond donors (Lipinski definition) is 0. The lowest BCUT2D eigenvalue weighted by molar-refractivity contribution is -0.137. The molecule has 0 N–H and O–H groups in total. The maximum Gasteiger partial charge on any atom is 0.416 e. The molecule has 1 aromatic rings. The number of cyclic esters (lactones) is 1. The summed E-state index contributed by atoms with van der Waals surface area (Å²) in [6, 6.07) is 5.42. The molecule has 2 aliphatic rings. The average Bonchev–Trinajstić information content (AvgIpc) is 3.04. The Kier molecular flexibility index (Phi) is 5.92. The highest BCUT2D eigenvalue weighted by molar-refractivity contribution is 5.83. The predicted octanol–water partition coefficient (Wildman–Crippen LogP) is 3.33. The molecule has 0 saturated carbocycles. The lowest BCUT2D eigenvalue weighted by Gasteiger charge is -2.33. The van der Waals surface area contributed by atoms with Crippen molar-refractivity contribution in [2.75, 3.05) is 32.8 Å². The Hall–Kier alpha value is -2.25. The van der Waals surface area contributed by atoms with Gasteiger partial charge in [-0.05, 0) is 43.2 Å². The van der Waals surface area contributed by atoms with E-state index in [0.717, 1.165) is 25.3 Å². The van der Waals surface area contributed by atoms with Crippen molar-refractivity contribution in [2.45, 2.75) is 31.9 Å². The van der Waals surface area contributed by atoms with Gasteiger partial charge in [-0.25, -0.2) is 4.79 Å². The molecule has 0 radical (unpaired) electrons. The third-order valence-electron chi connectivity index (χ3n) is 5.14. The Bertz CT molecular complexity index is 693. The van der Waals surface area contributed by atoms with Crippen LogP contribution in [0.1, 0.15) is 30.4 Å². The SMILES string of the molecule is O=C(CN1CCOC1=O)N1CCC[C@H](CCc2cccc(C(F)(F)F)c2)C1. The summed E-state index contributed by atoms with van der Waals surface area (Å²) in [5, 5.41) is 0. The van der Waals surface area contributed by atoms with Crippen molar-refractivity contribution in [3.8, 4) is 0 Å². The lowest BCUT2D eigenvalue weighted by Crippen LogP contribution is -2.45. The molecule has 2 saturated heterocycles. The number of halogens is 3. The highest BCUT2D eigenvalue weighted by atomic mass is 19.4. The Labute approximate surface area is 156 Å². The number of aryl methyl sites for hydroxylation is 1. The van der Waals surface area contributed by atoms with E-state index < -0.39 is 17.8 Å². The summed E-state index contributed by atoms with van der Waals surface area (Å²) in [6.07, 6.45) is -1.69. The van der Waals surface area contributed by atoms with Crippen LogP contribution in [-0.2, 0) is 22.1 Å². The molecule has 148 valence electrons. The number of ether oxygens (including phenoxy) is 1. The summed E-state index contributed by atoms with van der Waals surface area (Å²) in [7, 11) is 0. The molecule has 3 rings (SSSR count). The van der Waals surface area contributed by atoms with Crippen molar-refractivity contribution in [1.29, 1.82) is 0 Å². The van der Waals surface area contributed by atoms with E-state index >= 15 is 0 Å². The third kappa shape index (κ3) is 5.14. The fourth-order valence-electron chi connectivity index (χ4n) is 3.63. The molecule has 2 fully saturated rings. The zero-order chi connectivity index (χ0) is 19.4. The van der Waals surface area contributed by atoms with Gasteiger partial charge < -0.3 is 9.64 Å². The van der Waals surface area contributed by atoms with Crippen molar-refractivity contribution in [1.82, 2.24) is 9.80 Å². The molecule has 0 spiro atoms. The number of alkyl halides is 3. The minimum Gasteiger partial charge on any atom is -0.448 e. The highest BCUT2D eigenvalue weighted by Crippen LogP contribution is 2.30. The van der Waals surface area contributed by atoms with E-state index in [9.17, 15) is 22.8 Å². The molecular formula is C19H23F3N2O3. The second kappa shape index (κ2) is 8.19. The molecule has 0 aliphatic carbocycles. The first-order valence-corrected chi connectivity index (χ1v) is 9.18. The molecule has 2 heterocycles. The predicted molar refractivity (Wildman–Crippen MR) is 92.0 cm³/mol. The Morgan fingerprint density at radius 2 is 2.07 bits per heavy atom. The quantitative estimate of drug-likeness (QED) is 0.783. The zero-order valence-electron chi connectivity index (χ0n) is 15.0. The van der Waals surface area contributed by atoms with E-state index in [1.54, 1.807) is 11.0 Å². The van der Waals surface area contributed by atoms with E-state index in [2.05, 4.69) is 0 Å². The summed E-state index contributed by atoms with van der Waals surface area (Å²) in [5.41, 5.74) is 0.0334. The first-order chi connectivity index (χ1) is 12.8. The largest absolute Gasteiger partial charge is 0.448 e. The van der Waals surface area contributed by atoms with Gasteiger partial charge >= 0.3 is 12.3 Å². The van der Waals surface area contributed by atoms with Crippen LogP contribution in [0.25, 0.3) is 0 Å². The molecule has 1 atom stereocenters. The van der Waals surface area contributed by atoms with Gasteiger partial charge in [0.25, 0.3) is 0 Å². The fourth-order valence-corrected chi connectivity index (χ4v) is 3.63. The van der Waals surface area contributed by atoms with E-state index in [-0.39, 0.29) is 18.4 Å². The van der Waals surface area contributed by atoms with Gasteiger partial charge in [-0.1, -0.05) is 18.2 Å². The zero-order valence-corrected chi connectivity index (χ0v) is 15.0. The van der Waals surface area contributed by atoms with Crippen LogP contribution in [0.15, 0.2) is 24.3 Å². The van der Waals surface area contributed by atoms with Crippen LogP contribution in [0.5, 0.6) is 0 Å². The van der Waals surface area contributed by atoms with E-state index in [0.29, 0.717) is 38.2 Å². The monoisotopic (exact) mass is 384 g/mol. The maximum absolute atomic E-state index is 12.8. The van der Waals surface area contributed by atoms with Crippen LogP contribution in [0.2, 0.25) is 0 Å². The third-order valence-corrected chi connectivity index (χ3v) is 5.14. The van der Waals surface area contributed by atoms with Crippen molar-refractivity contribution in [3.05, 3.63) is 35.4 Å². The van der Waals surface area contributed by atoms with Gasteiger partial charge in [0.05, 0.1) is 12.1 Å². The molecular weight excluding hydrogens is 361 g/mol. The fraction of sp³-hybridized carbons (Fsp3) is 0.579. The van der Waals surface area contributed by atoms with E-state index in [1.807, 2.05) is 0 Å². The van der Waals surface area contributed by atoms with Gasteiger partial charge in [0.2, 0.25) is 5.91 Å². The molecule has 5 nitrogen and oxygen atoms in total. The van der Waals surface area contributed by atoms with Crippen LogP contribution < -0.4 is 0 Å². The number of rotatable bonds is 5. The van der Waals surface area contributed by atoms with Crippen molar-refractivity contribution >= 4 is 12.0 Å². The standard InChI is InChI=1S/C19H23F3N2O3/c20-19(21,22)16-5-1-3-14(11-16)6-7-15-4-2-8-23(12-15)17(25)13-24-9-10-27-18(24)26/h1,3,5,11,15H,2,4,6-10,12-13H2/t15-/m1/s1. The summed E-state index contributed by atoms with van der Waals surface area (Å²) >= 11 is 0. The first-order valence-electron chi connectivity index (χ1n) is 9.18. The van der Waals surface area contributed by atoms with Crippen LogP contribution in [-0.4, -0.2) is 54.6 Å². The molecule has 0 unspecified atom stereocenters. The minimum absolute atomic E-state index is 0.0270. The van der Waals surface area contributed by atoms with Gasteiger partial charge in [0.1, 0.15) is 13.2 Å². The average molecular weight is 384 g/mol. The number of likely N-dealkylation sites (tertiary alicyclic amines) is 1. The summed E-state index contributed by atoms with van der Waals surface area (Å²) in [5.74, 6) is 0.153. The second-order valence-corrected chi connectivity index (χ2v) is 7.12. The van der Waals surface area contributed by atoms with E-state index in [1.165, 1.54) is 17.0 Å². The molecule has 2 aliphatic heterocycles. The topological polar surface area (TPSA) is 49.9 Å². The molecule has 2 amide bonds. The highest BCUT2D eigenvalue weighted by Gasteiger charge is 2.31. The van der Waals surface area contributed by atoms with Crippen LogP contribution in [0, 0.1) is 5.92 Å². The van der Waals surface area contributed by atoms with Gasteiger partial charge in [-0.2, -0.15) is 13.2 Å². The van der Waals surface area contributed by atoms with Gasteiger partial charge in [-0.15, -0.1) is 0 Å². The number of hydrogen-bond acceptors (Lipinski definition) is 3. The van der Waals surface area contributed by atoms with Gasteiger partial charge in [0.15, 0.2) is 0 Å². The number of piperidine rings is 1. The molecule has 0 bridgehead atoms. The lowest BCUT2D eigenvalue weighted by atomic mass is 9.91. The Morgan fingerprint density at radius 3 is 2.78 bits per heavy atom. The second-order valence-electron chi connectivity index (χ2n) is 7.12. The van der Waals surface area contributed by atoms with Crippen molar-refractivity contribution < 1.29 is 27.5 Å². The molecule has 8 heteroatoms. The number of nitrogens with zero attached hydrogens (tertiary/aromatic N) is 2. The number of amides is 2. The number of carbonyl (C=O) groups is 2. The first kappa shape index (κ1) is 19.5. The van der Waals surface area contributed by atoms with Crippen molar-refractivity contribution in [2.24, 2.45) is 5.92 Å². The molecule has 0 aromatic heterocycles. The minimum atomic E-state index is -4.33. The summed E-state index contributed by atoms with van der Waals surface area (Å²) < 4.78 is 43.3. The van der Waals surface area contributed by atoms with Crippen LogP contribution in [0.3, 0.4) is 0 Å². The molecule has 1 aromatic carbocycles. The summed E-state index contributed by atoms with van der Waals surface area (Å²) in [6.45, 7) is 2.00.